The van der Waals surface area contributed by atoms with Crippen LogP contribution in [-0.2, 0) is 4.79 Å². The highest BCUT2D eigenvalue weighted by atomic mass is 127. The summed E-state index contributed by atoms with van der Waals surface area (Å²) in [6.45, 7) is 5.63. The van der Waals surface area contributed by atoms with Crippen LogP contribution in [0.2, 0.25) is 5.02 Å². The van der Waals surface area contributed by atoms with Gasteiger partial charge in [0, 0.05) is 57.0 Å². The summed E-state index contributed by atoms with van der Waals surface area (Å²) in [6, 6.07) is 7.97. The Morgan fingerprint density at radius 2 is 1.78 bits per heavy atom. The van der Waals surface area contributed by atoms with E-state index in [9.17, 15) is 4.79 Å². The van der Waals surface area contributed by atoms with Crippen molar-refractivity contribution in [1.82, 2.24) is 15.1 Å². The number of hydrogen-bond acceptors (Lipinski definition) is 3. The number of carbonyl (C=O) groups is 1. The number of aliphatic imine (C=N–C) groups is 1. The van der Waals surface area contributed by atoms with Gasteiger partial charge in [-0.25, -0.2) is 0 Å². The molecular formula is C19H29ClIN5O. The number of guanidine groups is 1. The number of rotatable bonds is 3. The molecule has 1 amide bonds. The highest BCUT2D eigenvalue weighted by Gasteiger charge is 2.21. The molecule has 27 heavy (non-hydrogen) atoms. The van der Waals surface area contributed by atoms with E-state index in [0.29, 0.717) is 6.54 Å². The smallest absolute Gasteiger partial charge is 0.241 e. The molecule has 8 heteroatoms. The molecular weight excluding hydrogens is 477 g/mol. The first-order chi connectivity index (χ1) is 12.7. The number of hydrogen-bond donors (Lipinski definition) is 1. The monoisotopic (exact) mass is 505 g/mol. The summed E-state index contributed by atoms with van der Waals surface area (Å²) >= 11 is 6.10. The molecule has 1 aromatic rings. The van der Waals surface area contributed by atoms with Crippen LogP contribution in [0.25, 0.3) is 0 Å². The predicted molar refractivity (Wildman–Crippen MR) is 122 cm³/mol. The van der Waals surface area contributed by atoms with Crippen LogP contribution in [0.3, 0.4) is 0 Å². The molecule has 1 N–H and O–H groups in total. The van der Waals surface area contributed by atoms with Crippen molar-refractivity contribution in [3.05, 3.63) is 29.3 Å². The lowest BCUT2D eigenvalue weighted by Crippen LogP contribution is -2.54. The number of anilines is 1. The highest BCUT2D eigenvalue weighted by Crippen LogP contribution is 2.20. The maximum Gasteiger partial charge on any atom is 0.241 e. The molecule has 3 rings (SSSR count). The van der Waals surface area contributed by atoms with Gasteiger partial charge in [0.15, 0.2) is 5.96 Å². The minimum atomic E-state index is 0. The average molecular weight is 506 g/mol. The number of carbonyl (C=O) groups excluding carboxylic acids is 1. The van der Waals surface area contributed by atoms with Crippen LogP contribution in [0.5, 0.6) is 0 Å². The van der Waals surface area contributed by atoms with E-state index in [2.05, 4.69) is 26.2 Å². The van der Waals surface area contributed by atoms with Gasteiger partial charge in [-0.3, -0.25) is 9.79 Å². The maximum absolute atomic E-state index is 12.3. The van der Waals surface area contributed by atoms with Gasteiger partial charge in [-0.15, -0.1) is 24.0 Å². The first-order valence-corrected chi connectivity index (χ1v) is 9.79. The number of piperazine rings is 1. The highest BCUT2D eigenvalue weighted by molar-refractivity contribution is 14.0. The topological polar surface area (TPSA) is 51.2 Å². The van der Waals surface area contributed by atoms with E-state index in [4.69, 9.17) is 11.6 Å². The summed E-state index contributed by atoms with van der Waals surface area (Å²) in [5.74, 6) is 0.976. The Bertz CT molecular complexity index is 643. The number of nitrogens with one attached hydrogen (secondary N) is 1. The van der Waals surface area contributed by atoms with Crippen LogP contribution in [0.4, 0.5) is 5.69 Å². The zero-order valence-corrected chi connectivity index (χ0v) is 19.0. The fourth-order valence-electron chi connectivity index (χ4n) is 3.59. The fraction of sp³-hybridized carbons (Fsp3) is 0.579. The van der Waals surface area contributed by atoms with Gasteiger partial charge in [0.2, 0.25) is 5.91 Å². The molecule has 0 aromatic heterocycles. The fourth-order valence-corrected chi connectivity index (χ4v) is 3.78. The molecule has 1 aromatic carbocycles. The van der Waals surface area contributed by atoms with E-state index in [1.165, 1.54) is 6.42 Å². The summed E-state index contributed by atoms with van der Waals surface area (Å²) in [4.78, 5) is 23.2. The van der Waals surface area contributed by atoms with E-state index in [-0.39, 0.29) is 29.9 Å². The Kier molecular flexibility index (Phi) is 8.95. The summed E-state index contributed by atoms with van der Waals surface area (Å²) in [7, 11) is 1.77. The van der Waals surface area contributed by atoms with Crippen molar-refractivity contribution < 1.29 is 4.79 Å². The quantitative estimate of drug-likeness (QED) is 0.390. The SMILES string of the molecule is CN=C(NCC(=O)N1CCCCC1)N1CCN(c2cccc(Cl)c2)CC1.I. The van der Waals surface area contributed by atoms with Crippen LogP contribution in [0.1, 0.15) is 19.3 Å². The number of piperidine rings is 1. The standard InChI is InChI=1S/C19H28ClN5O.HI/c1-21-19(22-15-18(26)24-8-3-2-4-9-24)25-12-10-23(11-13-25)17-7-5-6-16(20)14-17;/h5-7,14H,2-4,8-13,15H2,1H3,(H,21,22);1H. The third-order valence-electron chi connectivity index (χ3n) is 5.07. The molecule has 2 heterocycles. The third kappa shape index (κ3) is 6.14. The molecule has 0 atom stereocenters. The van der Waals surface area contributed by atoms with Crippen molar-refractivity contribution >= 4 is 53.1 Å². The lowest BCUT2D eigenvalue weighted by atomic mass is 10.1. The van der Waals surface area contributed by atoms with E-state index in [0.717, 1.165) is 68.8 Å². The molecule has 2 saturated heterocycles. The molecule has 6 nitrogen and oxygen atoms in total. The van der Waals surface area contributed by atoms with Crippen LogP contribution in [0, 0.1) is 0 Å². The van der Waals surface area contributed by atoms with Gasteiger partial charge in [0.05, 0.1) is 6.54 Å². The molecule has 150 valence electrons. The second-order valence-electron chi connectivity index (χ2n) is 6.80. The van der Waals surface area contributed by atoms with E-state index >= 15 is 0 Å². The molecule has 0 bridgehead atoms. The zero-order valence-electron chi connectivity index (χ0n) is 15.9. The van der Waals surface area contributed by atoms with Crippen molar-refractivity contribution in [3.8, 4) is 0 Å². The summed E-state index contributed by atoms with van der Waals surface area (Å²) < 4.78 is 0. The minimum Gasteiger partial charge on any atom is -0.368 e. The van der Waals surface area contributed by atoms with Gasteiger partial charge >= 0.3 is 0 Å². The normalized spacial score (nSPS) is 18.1. The van der Waals surface area contributed by atoms with Gasteiger partial charge in [-0.2, -0.15) is 0 Å². The lowest BCUT2D eigenvalue weighted by Gasteiger charge is -2.38. The second kappa shape index (κ2) is 10.9. The molecule has 0 radical (unpaired) electrons. The van der Waals surface area contributed by atoms with Gasteiger partial charge in [-0.1, -0.05) is 17.7 Å². The van der Waals surface area contributed by atoms with Crippen LogP contribution in [-0.4, -0.2) is 74.5 Å². The molecule has 2 aliphatic rings. The van der Waals surface area contributed by atoms with Crippen molar-refractivity contribution in [3.63, 3.8) is 0 Å². The average Bonchev–Trinajstić information content (AvgIpc) is 2.69. The molecule has 0 aliphatic carbocycles. The predicted octanol–water partition coefficient (Wildman–Crippen LogP) is 2.67. The number of nitrogens with zero attached hydrogens (tertiary/aromatic N) is 4. The summed E-state index contributed by atoms with van der Waals surface area (Å²) in [5.41, 5.74) is 1.15. The van der Waals surface area contributed by atoms with E-state index in [1.807, 2.05) is 23.1 Å². The third-order valence-corrected chi connectivity index (χ3v) is 5.31. The molecule has 0 unspecified atom stereocenters. The van der Waals surface area contributed by atoms with Crippen LogP contribution in [0.15, 0.2) is 29.3 Å². The Hall–Kier alpha value is -1.22. The van der Waals surface area contributed by atoms with Gasteiger partial charge < -0.3 is 20.0 Å². The largest absolute Gasteiger partial charge is 0.368 e. The number of likely N-dealkylation sites (tertiary alicyclic amines) is 1. The lowest BCUT2D eigenvalue weighted by molar-refractivity contribution is -0.130. The van der Waals surface area contributed by atoms with E-state index in [1.54, 1.807) is 7.05 Å². The van der Waals surface area contributed by atoms with Crippen molar-refractivity contribution in [2.45, 2.75) is 19.3 Å². The van der Waals surface area contributed by atoms with E-state index < -0.39 is 0 Å². The minimum absolute atomic E-state index is 0. The first kappa shape index (κ1) is 22.1. The Morgan fingerprint density at radius 1 is 1.07 bits per heavy atom. The van der Waals surface area contributed by atoms with Gasteiger partial charge in [-0.05, 0) is 37.5 Å². The van der Waals surface area contributed by atoms with Crippen molar-refractivity contribution in [2.75, 3.05) is 57.8 Å². The van der Waals surface area contributed by atoms with Gasteiger partial charge in [0.25, 0.3) is 0 Å². The number of benzene rings is 1. The molecule has 2 fully saturated rings. The van der Waals surface area contributed by atoms with Crippen molar-refractivity contribution in [2.24, 2.45) is 4.99 Å². The summed E-state index contributed by atoms with van der Waals surface area (Å²) in [6.07, 6.45) is 3.47. The Morgan fingerprint density at radius 3 is 2.41 bits per heavy atom. The zero-order chi connectivity index (χ0) is 18.4. The van der Waals surface area contributed by atoms with Crippen LogP contribution < -0.4 is 10.2 Å². The maximum atomic E-state index is 12.3. The summed E-state index contributed by atoms with van der Waals surface area (Å²) in [5, 5.41) is 4.01. The number of amides is 1. The number of halogens is 2. The second-order valence-corrected chi connectivity index (χ2v) is 7.23. The molecule has 0 saturated carbocycles. The Labute approximate surface area is 183 Å². The molecule has 2 aliphatic heterocycles. The Balaban J connectivity index is 0.00000261. The molecule has 0 spiro atoms. The van der Waals surface area contributed by atoms with Crippen molar-refractivity contribution in [1.29, 1.82) is 0 Å². The van der Waals surface area contributed by atoms with Gasteiger partial charge in [0.1, 0.15) is 0 Å². The van der Waals surface area contributed by atoms with Crippen LogP contribution >= 0.6 is 35.6 Å². The first-order valence-electron chi connectivity index (χ1n) is 9.41.